The highest BCUT2D eigenvalue weighted by Gasteiger charge is 2.46. The first-order valence-corrected chi connectivity index (χ1v) is 9.05. The van der Waals surface area contributed by atoms with E-state index in [4.69, 9.17) is 21.1 Å². The summed E-state index contributed by atoms with van der Waals surface area (Å²) in [5, 5.41) is 3.83. The van der Waals surface area contributed by atoms with Crippen molar-refractivity contribution >= 4 is 23.3 Å². The number of halogens is 1. The fourth-order valence-electron chi connectivity index (χ4n) is 3.56. The van der Waals surface area contributed by atoms with Crippen molar-refractivity contribution in [3.8, 4) is 0 Å². The molecule has 0 radical (unpaired) electrons. The molecule has 0 aliphatic carbocycles. The van der Waals surface area contributed by atoms with Crippen molar-refractivity contribution < 1.29 is 14.3 Å². The van der Waals surface area contributed by atoms with Gasteiger partial charge in [-0.05, 0) is 40.2 Å². The van der Waals surface area contributed by atoms with Gasteiger partial charge in [0.1, 0.15) is 5.82 Å². The molecule has 2 fully saturated rings. The van der Waals surface area contributed by atoms with Crippen LogP contribution in [-0.4, -0.2) is 59.3 Å². The molecule has 3 heterocycles. The van der Waals surface area contributed by atoms with E-state index >= 15 is 0 Å². The Hall–Kier alpha value is -1.37. The molecule has 1 aromatic heterocycles. The molecule has 0 aromatic carbocycles. The number of rotatable bonds is 3. The lowest BCUT2D eigenvalue weighted by atomic mass is 9.94. The Balaban J connectivity index is 1.73. The second-order valence-electron chi connectivity index (χ2n) is 7.83. The molecule has 1 unspecified atom stereocenters. The number of hydrogen-bond donors (Lipinski definition) is 1. The topological polar surface area (TPSA) is 63.7 Å². The third kappa shape index (κ3) is 4.07. The number of amides is 1. The summed E-state index contributed by atoms with van der Waals surface area (Å²) in [5.41, 5.74) is -0.0174. The number of ether oxygens (including phenoxy) is 2. The fraction of sp³-hybridized carbons (Fsp3) is 0.667. The van der Waals surface area contributed by atoms with Crippen LogP contribution in [0.3, 0.4) is 0 Å². The summed E-state index contributed by atoms with van der Waals surface area (Å²) in [5.74, 6) is 0.523. The predicted octanol–water partition coefficient (Wildman–Crippen LogP) is 2.97. The molecule has 6 nitrogen and oxygen atoms in total. The highest BCUT2D eigenvalue weighted by molar-refractivity contribution is 6.33. The molecule has 0 bridgehead atoms. The number of pyridine rings is 1. The zero-order chi connectivity index (χ0) is 18.2. The molecule has 1 amide bonds. The average Bonchev–Trinajstić information content (AvgIpc) is 2.76. The SMILES string of the molecule is CC1(C)CC(Nc2ncc(C(=O)N3CCOCC3)cc2Cl)C(C)(C)O1. The van der Waals surface area contributed by atoms with Crippen molar-refractivity contribution in [3.63, 3.8) is 0 Å². The van der Waals surface area contributed by atoms with Crippen molar-refractivity contribution in [2.45, 2.75) is 51.4 Å². The van der Waals surface area contributed by atoms with Gasteiger partial charge < -0.3 is 19.7 Å². The van der Waals surface area contributed by atoms with Gasteiger partial charge in [-0.3, -0.25) is 4.79 Å². The molecule has 2 saturated heterocycles. The minimum Gasteiger partial charge on any atom is -0.378 e. The highest BCUT2D eigenvalue weighted by Crippen LogP contribution is 2.39. The third-order valence-corrected chi connectivity index (χ3v) is 5.06. The van der Waals surface area contributed by atoms with Crippen molar-refractivity contribution in [2.75, 3.05) is 31.6 Å². The van der Waals surface area contributed by atoms with E-state index in [1.807, 2.05) is 0 Å². The zero-order valence-electron chi connectivity index (χ0n) is 15.3. The summed E-state index contributed by atoms with van der Waals surface area (Å²) in [4.78, 5) is 18.7. The standard InChI is InChI=1S/C18H26ClN3O3/c1-17(2)10-14(18(3,4)25-17)21-15-13(19)9-12(11-20-15)16(23)22-5-7-24-8-6-22/h9,11,14H,5-8,10H2,1-4H3,(H,20,21). The van der Waals surface area contributed by atoms with Gasteiger partial charge in [0.15, 0.2) is 0 Å². The second-order valence-corrected chi connectivity index (χ2v) is 8.23. The first-order chi connectivity index (χ1) is 11.7. The zero-order valence-corrected chi connectivity index (χ0v) is 16.0. The van der Waals surface area contributed by atoms with Crippen LogP contribution >= 0.6 is 11.6 Å². The minimum atomic E-state index is -0.323. The summed E-state index contributed by atoms with van der Waals surface area (Å²) < 4.78 is 11.4. The maximum Gasteiger partial charge on any atom is 0.255 e. The molecule has 138 valence electrons. The van der Waals surface area contributed by atoms with Crippen LogP contribution in [-0.2, 0) is 9.47 Å². The molecule has 7 heteroatoms. The van der Waals surface area contributed by atoms with Crippen LogP contribution in [0.1, 0.15) is 44.5 Å². The smallest absolute Gasteiger partial charge is 0.255 e. The number of nitrogens with zero attached hydrogens (tertiary/aromatic N) is 2. The van der Waals surface area contributed by atoms with Gasteiger partial charge in [-0.25, -0.2) is 4.98 Å². The van der Waals surface area contributed by atoms with Crippen molar-refractivity contribution in [3.05, 3.63) is 22.8 Å². The molecule has 25 heavy (non-hydrogen) atoms. The first kappa shape index (κ1) is 18.4. The monoisotopic (exact) mass is 367 g/mol. The Morgan fingerprint density at radius 3 is 2.56 bits per heavy atom. The number of hydrogen-bond acceptors (Lipinski definition) is 5. The summed E-state index contributed by atoms with van der Waals surface area (Å²) in [6.45, 7) is 10.6. The van der Waals surface area contributed by atoms with Gasteiger partial charge >= 0.3 is 0 Å². The Kier molecular flexibility index (Phi) is 4.97. The molecule has 2 aliphatic heterocycles. The van der Waals surface area contributed by atoms with E-state index in [0.29, 0.717) is 42.7 Å². The Labute approximate surface area is 153 Å². The maximum absolute atomic E-state index is 12.5. The van der Waals surface area contributed by atoms with Crippen LogP contribution < -0.4 is 5.32 Å². The van der Waals surface area contributed by atoms with E-state index in [0.717, 1.165) is 6.42 Å². The number of carbonyl (C=O) groups excluding carboxylic acids is 1. The normalized spacial score (nSPS) is 25.0. The van der Waals surface area contributed by atoms with E-state index < -0.39 is 0 Å². The van der Waals surface area contributed by atoms with Crippen LogP contribution in [0.4, 0.5) is 5.82 Å². The predicted molar refractivity (Wildman–Crippen MR) is 97.2 cm³/mol. The first-order valence-electron chi connectivity index (χ1n) is 8.67. The largest absolute Gasteiger partial charge is 0.378 e. The van der Waals surface area contributed by atoms with E-state index in [1.165, 1.54) is 0 Å². The molecular weight excluding hydrogens is 342 g/mol. The lowest BCUT2D eigenvalue weighted by Gasteiger charge is -2.28. The lowest BCUT2D eigenvalue weighted by Crippen LogP contribution is -2.40. The minimum absolute atomic E-state index is 0.0603. The molecule has 1 atom stereocenters. The summed E-state index contributed by atoms with van der Waals surface area (Å²) in [6, 6.07) is 1.77. The highest BCUT2D eigenvalue weighted by atomic mass is 35.5. The summed E-state index contributed by atoms with van der Waals surface area (Å²) >= 11 is 6.39. The lowest BCUT2D eigenvalue weighted by molar-refractivity contribution is -0.0662. The average molecular weight is 368 g/mol. The van der Waals surface area contributed by atoms with Gasteiger partial charge in [-0.1, -0.05) is 11.6 Å². The van der Waals surface area contributed by atoms with Crippen molar-refractivity contribution in [1.82, 2.24) is 9.88 Å². The van der Waals surface area contributed by atoms with Gasteiger partial charge in [0, 0.05) is 19.3 Å². The summed E-state index contributed by atoms with van der Waals surface area (Å²) in [7, 11) is 0. The van der Waals surface area contributed by atoms with Gasteiger partial charge in [0.25, 0.3) is 5.91 Å². The van der Waals surface area contributed by atoms with Crippen LogP contribution in [0.2, 0.25) is 5.02 Å². The molecule has 1 aromatic rings. The van der Waals surface area contributed by atoms with E-state index in [1.54, 1.807) is 17.2 Å². The number of morpholine rings is 1. The molecule has 0 spiro atoms. The van der Waals surface area contributed by atoms with E-state index in [2.05, 4.69) is 38.0 Å². The maximum atomic E-state index is 12.5. The van der Waals surface area contributed by atoms with Gasteiger partial charge in [0.2, 0.25) is 0 Å². The number of anilines is 1. The van der Waals surface area contributed by atoms with Crippen molar-refractivity contribution in [1.29, 1.82) is 0 Å². The second kappa shape index (κ2) is 6.74. The van der Waals surface area contributed by atoms with Crippen LogP contribution in [0, 0.1) is 0 Å². The Morgan fingerprint density at radius 2 is 2.00 bits per heavy atom. The van der Waals surface area contributed by atoms with E-state index in [9.17, 15) is 4.79 Å². The number of aromatic nitrogens is 1. The molecule has 1 N–H and O–H groups in total. The quantitative estimate of drug-likeness (QED) is 0.889. The van der Waals surface area contributed by atoms with E-state index in [-0.39, 0.29) is 23.2 Å². The Morgan fingerprint density at radius 1 is 1.32 bits per heavy atom. The Bertz CT molecular complexity index is 657. The summed E-state index contributed by atoms with van der Waals surface area (Å²) in [6.07, 6.45) is 2.44. The number of carbonyl (C=O) groups is 1. The van der Waals surface area contributed by atoms with Crippen LogP contribution in [0.5, 0.6) is 0 Å². The van der Waals surface area contributed by atoms with Gasteiger partial charge in [0.05, 0.1) is 41.0 Å². The molecular formula is C18H26ClN3O3. The van der Waals surface area contributed by atoms with Crippen LogP contribution in [0.25, 0.3) is 0 Å². The van der Waals surface area contributed by atoms with Gasteiger partial charge in [-0.2, -0.15) is 0 Å². The fourth-order valence-corrected chi connectivity index (χ4v) is 3.78. The molecule has 2 aliphatic rings. The van der Waals surface area contributed by atoms with Gasteiger partial charge in [-0.15, -0.1) is 0 Å². The van der Waals surface area contributed by atoms with Crippen molar-refractivity contribution in [2.24, 2.45) is 0 Å². The molecule has 0 saturated carbocycles. The molecule has 3 rings (SSSR count). The number of nitrogens with one attached hydrogen (secondary N) is 1. The van der Waals surface area contributed by atoms with Crippen LogP contribution in [0.15, 0.2) is 12.3 Å². The third-order valence-electron chi connectivity index (χ3n) is 4.77.